The maximum Gasteiger partial charge on any atom is 2.00 e. The van der Waals surface area contributed by atoms with Crippen molar-refractivity contribution in [1.82, 2.24) is 0 Å². The molecule has 6 aromatic rings. The molecular formula is C47H42Cl2N2NiO6. The standard InChI is InChI=1S/C47H42N2O6.2ClH.Ni/c1-50-38-23-9-5-19-34(38)30-15-13-17-32(27-30)44-46(36-21-7-11-25-40(36)52-3)54-42(48-44)29-43-49-45(47(55-43)37-22-8-12-26-41(37)53-4)33-18-14-16-31(28-33)35-20-6-10-24-39(35)51-2;;;/h5-28,44-47H,29H2,1-4H3;2*1H;/q;;;+2/p-2/t44-,45-,46?,47?;;;/m1.../s1. The molecule has 0 fully saturated rings. The molecule has 8 nitrogen and oxygen atoms in total. The van der Waals surface area contributed by atoms with E-state index in [1.165, 1.54) is 0 Å². The summed E-state index contributed by atoms with van der Waals surface area (Å²) in [6.07, 6.45) is -0.623. The van der Waals surface area contributed by atoms with Gasteiger partial charge in [0.05, 0.1) is 34.9 Å². The van der Waals surface area contributed by atoms with Crippen LogP contribution >= 0.6 is 0 Å². The number of para-hydroxylation sites is 4. The van der Waals surface area contributed by atoms with Crippen LogP contribution in [0.1, 0.15) is 53.0 Å². The molecule has 4 atom stereocenters. The molecule has 2 unspecified atom stereocenters. The summed E-state index contributed by atoms with van der Waals surface area (Å²) >= 11 is 0. The first-order valence-electron chi connectivity index (χ1n) is 18.3. The first-order valence-corrected chi connectivity index (χ1v) is 18.3. The average molecular weight is 860 g/mol. The summed E-state index contributed by atoms with van der Waals surface area (Å²) < 4.78 is 36.6. The van der Waals surface area contributed by atoms with E-state index >= 15 is 0 Å². The second-order valence-electron chi connectivity index (χ2n) is 13.3. The molecule has 0 radical (unpaired) electrons. The van der Waals surface area contributed by atoms with Gasteiger partial charge in [0, 0.05) is 22.3 Å². The van der Waals surface area contributed by atoms with Crippen molar-refractivity contribution in [2.24, 2.45) is 9.98 Å². The van der Waals surface area contributed by atoms with Crippen LogP contribution in [0.25, 0.3) is 22.3 Å². The first-order chi connectivity index (χ1) is 27.1. The molecule has 0 spiro atoms. The van der Waals surface area contributed by atoms with Crippen molar-refractivity contribution < 1.29 is 69.7 Å². The smallest absolute Gasteiger partial charge is 1.00 e. The molecule has 2 aliphatic heterocycles. The van der Waals surface area contributed by atoms with Gasteiger partial charge in [0.25, 0.3) is 0 Å². The van der Waals surface area contributed by atoms with E-state index in [1.807, 2.05) is 84.9 Å². The van der Waals surface area contributed by atoms with Crippen LogP contribution in [0, 0.1) is 0 Å². The van der Waals surface area contributed by atoms with E-state index in [1.54, 1.807) is 28.4 Å². The number of halogens is 2. The number of benzene rings is 6. The van der Waals surface area contributed by atoms with Crippen LogP contribution in [0.5, 0.6) is 23.0 Å². The molecule has 0 N–H and O–H groups in total. The summed E-state index contributed by atoms with van der Waals surface area (Å²) in [6.45, 7) is 0. The summed E-state index contributed by atoms with van der Waals surface area (Å²) in [6, 6.07) is 48.0. The van der Waals surface area contributed by atoms with Gasteiger partial charge in [0.15, 0.2) is 24.0 Å². The Morgan fingerprint density at radius 2 is 0.810 bits per heavy atom. The van der Waals surface area contributed by atoms with Crippen LogP contribution in [-0.4, -0.2) is 40.2 Å². The van der Waals surface area contributed by atoms with Gasteiger partial charge in [0.2, 0.25) is 0 Å². The van der Waals surface area contributed by atoms with Crippen molar-refractivity contribution >= 4 is 11.8 Å². The normalized spacial score (nSPS) is 17.8. The fourth-order valence-corrected chi connectivity index (χ4v) is 7.55. The summed E-state index contributed by atoms with van der Waals surface area (Å²) in [5, 5.41) is 0. The van der Waals surface area contributed by atoms with Crippen molar-refractivity contribution in [2.75, 3.05) is 28.4 Å². The van der Waals surface area contributed by atoms with Crippen molar-refractivity contribution in [3.63, 3.8) is 0 Å². The van der Waals surface area contributed by atoms with Crippen LogP contribution in [0.3, 0.4) is 0 Å². The van der Waals surface area contributed by atoms with Gasteiger partial charge >= 0.3 is 16.5 Å². The number of nitrogens with zero attached hydrogens (tertiary/aromatic N) is 2. The van der Waals surface area contributed by atoms with Crippen molar-refractivity contribution in [3.8, 4) is 45.3 Å². The van der Waals surface area contributed by atoms with Crippen LogP contribution in [-0.2, 0) is 26.0 Å². The zero-order valence-electron chi connectivity index (χ0n) is 32.3. The number of methoxy groups -OCH3 is 4. The summed E-state index contributed by atoms with van der Waals surface area (Å²) in [5.41, 5.74) is 7.87. The van der Waals surface area contributed by atoms with Gasteiger partial charge in [-0.25, -0.2) is 9.98 Å². The Hall–Kier alpha value is -5.47. The number of hydrogen-bond donors (Lipinski definition) is 0. The number of rotatable bonds is 12. The van der Waals surface area contributed by atoms with E-state index < -0.39 is 12.2 Å². The minimum atomic E-state index is -0.445. The van der Waals surface area contributed by atoms with E-state index in [2.05, 4.69) is 60.7 Å². The molecule has 6 aromatic carbocycles. The average Bonchev–Trinajstić information content (AvgIpc) is 3.88. The second-order valence-corrected chi connectivity index (χ2v) is 13.3. The summed E-state index contributed by atoms with van der Waals surface area (Å²) in [5.74, 6) is 4.13. The zero-order valence-corrected chi connectivity index (χ0v) is 34.8. The van der Waals surface area contributed by atoms with Gasteiger partial charge < -0.3 is 53.2 Å². The molecule has 8 rings (SSSR count). The number of ether oxygens (including phenoxy) is 6. The second kappa shape index (κ2) is 19.8. The molecule has 0 saturated heterocycles. The predicted octanol–water partition coefficient (Wildman–Crippen LogP) is 4.57. The quantitative estimate of drug-likeness (QED) is 0.168. The van der Waals surface area contributed by atoms with Crippen LogP contribution in [0.2, 0.25) is 0 Å². The molecule has 0 aliphatic carbocycles. The van der Waals surface area contributed by atoms with E-state index in [-0.39, 0.29) is 59.8 Å². The molecule has 2 heterocycles. The molecular weight excluding hydrogens is 818 g/mol. The van der Waals surface area contributed by atoms with E-state index in [0.29, 0.717) is 11.8 Å². The fourth-order valence-electron chi connectivity index (χ4n) is 7.55. The predicted molar refractivity (Wildman–Crippen MR) is 215 cm³/mol. The van der Waals surface area contributed by atoms with Crippen LogP contribution < -0.4 is 43.8 Å². The molecule has 0 aromatic heterocycles. The first kappa shape index (κ1) is 43.7. The van der Waals surface area contributed by atoms with Gasteiger partial charge in [-0.2, -0.15) is 0 Å². The van der Waals surface area contributed by atoms with Crippen LogP contribution in [0.4, 0.5) is 0 Å². The number of hydrogen-bond acceptors (Lipinski definition) is 8. The minimum Gasteiger partial charge on any atom is -1.00 e. The third-order valence-corrected chi connectivity index (χ3v) is 10.2. The van der Waals surface area contributed by atoms with Gasteiger partial charge in [-0.3, -0.25) is 0 Å². The number of aliphatic imine (C=N–C) groups is 2. The third-order valence-electron chi connectivity index (χ3n) is 10.2. The van der Waals surface area contributed by atoms with E-state index in [9.17, 15) is 0 Å². The Bertz CT molecular complexity index is 2230. The maximum absolute atomic E-state index is 6.78. The molecule has 58 heavy (non-hydrogen) atoms. The monoisotopic (exact) mass is 858 g/mol. The van der Waals surface area contributed by atoms with Gasteiger partial charge in [-0.05, 0) is 58.7 Å². The Morgan fingerprint density at radius 1 is 0.448 bits per heavy atom. The fraction of sp³-hybridized carbons (Fsp3) is 0.191. The minimum absolute atomic E-state index is 0. The van der Waals surface area contributed by atoms with Gasteiger partial charge in [-0.15, -0.1) is 0 Å². The summed E-state index contributed by atoms with van der Waals surface area (Å²) in [7, 11) is 6.73. The molecule has 0 bridgehead atoms. The molecule has 2 aliphatic rings. The molecule has 11 heteroatoms. The Labute approximate surface area is 362 Å². The molecule has 0 saturated carbocycles. The SMILES string of the molecule is COc1ccccc1-c1cccc([C@H]2N=C(CC3=N[C@H](c4cccc(-c5ccccc5OC)c4)C(c4ccccc4OC)O3)OC2c2ccccc2OC)c1.[Cl-].[Cl-].[Ni+2]. The third kappa shape index (κ3) is 8.82. The van der Waals surface area contributed by atoms with E-state index in [4.69, 9.17) is 38.4 Å². The topological polar surface area (TPSA) is 80.1 Å². The molecule has 0 amide bonds. The Morgan fingerprint density at radius 3 is 1.21 bits per heavy atom. The molecule has 300 valence electrons. The van der Waals surface area contributed by atoms with Crippen molar-refractivity contribution in [2.45, 2.75) is 30.7 Å². The maximum atomic E-state index is 6.78. The van der Waals surface area contributed by atoms with Gasteiger partial charge in [0.1, 0.15) is 35.1 Å². The van der Waals surface area contributed by atoms with Gasteiger partial charge in [-0.1, -0.05) is 109 Å². The van der Waals surface area contributed by atoms with Crippen LogP contribution in [0.15, 0.2) is 156 Å². The summed E-state index contributed by atoms with van der Waals surface area (Å²) in [4.78, 5) is 10.5. The van der Waals surface area contributed by atoms with E-state index in [0.717, 1.165) is 67.5 Å². The Kier molecular flexibility index (Phi) is 14.9. The van der Waals surface area contributed by atoms with Crippen molar-refractivity contribution in [1.29, 1.82) is 0 Å². The Balaban J connectivity index is 0.00000214. The largest absolute Gasteiger partial charge is 2.00 e. The van der Waals surface area contributed by atoms with Crippen molar-refractivity contribution in [3.05, 3.63) is 168 Å². The zero-order chi connectivity index (χ0) is 37.7.